The summed E-state index contributed by atoms with van der Waals surface area (Å²) in [6.07, 6.45) is 1.98. The fourth-order valence-electron chi connectivity index (χ4n) is 1.33. The van der Waals surface area contributed by atoms with Gasteiger partial charge in [-0.25, -0.2) is 0 Å². The molecule has 51 valence electrons. The van der Waals surface area contributed by atoms with Gasteiger partial charge in [0.05, 0.1) is 5.41 Å². The van der Waals surface area contributed by atoms with Crippen LogP contribution < -0.4 is 5.73 Å². The van der Waals surface area contributed by atoms with Crippen molar-refractivity contribution in [2.24, 2.45) is 11.3 Å². The molecule has 2 atom stereocenters. The second-order valence-corrected chi connectivity index (χ2v) is 3.06. The molecule has 1 radical (unpaired) electrons. The van der Waals surface area contributed by atoms with E-state index in [1.54, 1.807) is 0 Å². The molecule has 0 bridgehead atoms. The fraction of sp³-hybridized carbons (Fsp3) is 0.857. The maximum absolute atomic E-state index is 10.6. The van der Waals surface area contributed by atoms with Gasteiger partial charge in [-0.2, -0.15) is 0 Å². The van der Waals surface area contributed by atoms with Crippen LogP contribution >= 0.6 is 0 Å². The highest BCUT2D eigenvalue weighted by Gasteiger charge is 2.53. The van der Waals surface area contributed by atoms with Crippen molar-refractivity contribution >= 4 is 5.91 Å². The highest BCUT2D eigenvalue weighted by Crippen LogP contribution is 2.53. The largest absolute Gasteiger partial charge is 0.273 e. The van der Waals surface area contributed by atoms with E-state index < -0.39 is 0 Å². The lowest BCUT2D eigenvalue weighted by Gasteiger charge is -2.00. The van der Waals surface area contributed by atoms with Crippen LogP contribution in [0.3, 0.4) is 0 Å². The van der Waals surface area contributed by atoms with Gasteiger partial charge in [-0.3, -0.25) is 10.5 Å². The Bertz CT molecular complexity index is 144. The Balaban J connectivity index is 2.52. The van der Waals surface area contributed by atoms with Gasteiger partial charge >= 0.3 is 0 Å². The minimum Gasteiger partial charge on any atom is -0.273 e. The van der Waals surface area contributed by atoms with Crippen molar-refractivity contribution in [3.05, 3.63) is 0 Å². The summed E-state index contributed by atoms with van der Waals surface area (Å²) in [6.45, 7) is 3.95. The summed E-state index contributed by atoms with van der Waals surface area (Å²) >= 11 is 0. The lowest BCUT2D eigenvalue weighted by Crippen LogP contribution is -2.14. The van der Waals surface area contributed by atoms with E-state index in [-0.39, 0.29) is 11.3 Å². The van der Waals surface area contributed by atoms with Crippen LogP contribution in [0, 0.1) is 11.3 Å². The monoisotopic (exact) mass is 126 g/mol. The van der Waals surface area contributed by atoms with Gasteiger partial charge in [0, 0.05) is 0 Å². The molecule has 0 aromatic carbocycles. The third kappa shape index (κ3) is 0.824. The molecule has 1 aliphatic rings. The van der Waals surface area contributed by atoms with Crippen molar-refractivity contribution in [1.82, 2.24) is 5.73 Å². The van der Waals surface area contributed by atoms with E-state index in [1.807, 2.05) is 6.92 Å². The maximum atomic E-state index is 10.6. The zero-order chi connectivity index (χ0) is 7.07. The van der Waals surface area contributed by atoms with E-state index in [1.165, 1.54) is 0 Å². The fourth-order valence-corrected chi connectivity index (χ4v) is 1.33. The highest BCUT2D eigenvalue weighted by atomic mass is 16.1. The zero-order valence-corrected chi connectivity index (χ0v) is 5.90. The summed E-state index contributed by atoms with van der Waals surface area (Å²) in [7, 11) is 0. The minimum absolute atomic E-state index is 0.255. The van der Waals surface area contributed by atoms with Crippen molar-refractivity contribution in [1.29, 1.82) is 0 Å². The van der Waals surface area contributed by atoms with Crippen molar-refractivity contribution < 1.29 is 4.79 Å². The molecule has 0 aromatic rings. The maximum Gasteiger partial charge on any atom is 0.244 e. The van der Waals surface area contributed by atoms with E-state index in [4.69, 9.17) is 5.73 Å². The van der Waals surface area contributed by atoms with Crippen LogP contribution in [0.25, 0.3) is 0 Å². The van der Waals surface area contributed by atoms with Crippen LogP contribution in [0.2, 0.25) is 0 Å². The molecule has 0 aliphatic heterocycles. The average Bonchev–Trinajstić information content (AvgIpc) is 2.44. The molecule has 1 fully saturated rings. The number of hydrogen-bond donors (Lipinski definition) is 0. The molecule has 0 heterocycles. The average molecular weight is 126 g/mol. The Kier molecular flexibility index (Phi) is 1.26. The molecule has 2 heteroatoms. The predicted molar refractivity (Wildman–Crippen MR) is 34.6 cm³/mol. The summed E-state index contributed by atoms with van der Waals surface area (Å²) in [5.41, 5.74) is 6.63. The number of amides is 1. The highest BCUT2D eigenvalue weighted by molar-refractivity contribution is 5.83. The summed E-state index contributed by atoms with van der Waals surface area (Å²) in [5.74, 6) is 0.122. The van der Waals surface area contributed by atoms with Gasteiger partial charge in [0.15, 0.2) is 0 Å². The summed E-state index contributed by atoms with van der Waals surface area (Å²) < 4.78 is 0. The number of nitrogens with one attached hydrogen (secondary N) is 1. The van der Waals surface area contributed by atoms with E-state index in [0.717, 1.165) is 12.8 Å². The normalized spacial score (nSPS) is 40.4. The molecule has 1 N–H and O–H groups in total. The Morgan fingerprint density at radius 2 is 2.44 bits per heavy atom. The Labute approximate surface area is 55.4 Å². The van der Waals surface area contributed by atoms with Gasteiger partial charge in [0.1, 0.15) is 0 Å². The van der Waals surface area contributed by atoms with E-state index in [2.05, 4.69) is 6.92 Å². The molecule has 0 saturated heterocycles. The minimum atomic E-state index is -0.380. The Morgan fingerprint density at radius 3 is 2.56 bits per heavy atom. The van der Waals surface area contributed by atoms with E-state index in [9.17, 15) is 4.79 Å². The topological polar surface area (TPSA) is 40.9 Å². The first-order valence-electron chi connectivity index (χ1n) is 3.37. The molecule has 1 aliphatic carbocycles. The molecule has 9 heavy (non-hydrogen) atoms. The zero-order valence-electron chi connectivity index (χ0n) is 5.90. The summed E-state index contributed by atoms with van der Waals surface area (Å²) in [5, 5.41) is 0. The standard InChI is InChI=1S/C7H12NO/c1-3-5-4-7(5,2)6(8)9/h5,8H,3-4H2,1-2H3. The van der Waals surface area contributed by atoms with Crippen molar-refractivity contribution in [2.45, 2.75) is 26.7 Å². The predicted octanol–water partition coefficient (Wildman–Crippen LogP) is 1.23. The smallest absolute Gasteiger partial charge is 0.244 e. The van der Waals surface area contributed by atoms with Crippen molar-refractivity contribution in [3.63, 3.8) is 0 Å². The van der Waals surface area contributed by atoms with Crippen LogP contribution in [0.15, 0.2) is 0 Å². The first-order chi connectivity index (χ1) is 4.11. The van der Waals surface area contributed by atoms with Crippen LogP contribution in [0.5, 0.6) is 0 Å². The second-order valence-electron chi connectivity index (χ2n) is 3.06. The van der Waals surface area contributed by atoms with Gasteiger partial charge in [-0.05, 0) is 12.3 Å². The number of carbonyl (C=O) groups excluding carboxylic acids is 1. The summed E-state index contributed by atoms with van der Waals surface area (Å²) in [6, 6.07) is 0. The van der Waals surface area contributed by atoms with Gasteiger partial charge < -0.3 is 0 Å². The van der Waals surface area contributed by atoms with Crippen LogP contribution in [-0.4, -0.2) is 5.91 Å². The van der Waals surface area contributed by atoms with Gasteiger partial charge in [0.25, 0.3) is 0 Å². The van der Waals surface area contributed by atoms with E-state index >= 15 is 0 Å². The quantitative estimate of drug-likeness (QED) is 0.548. The molecule has 1 amide bonds. The molecule has 2 unspecified atom stereocenters. The first-order valence-corrected chi connectivity index (χ1v) is 3.37. The van der Waals surface area contributed by atoms with Crippen molar-refractivity contribution in [3.8, 4) is 0 Å². The Morgan fingerprint density at radius 1 is 1.89 bits per heavy atom. The molecule has 2 nitrogen and oxygen atoms in total. The molecule has 1 saturated carbocycles. The van der Waals surface area contributed by atoms with Crippen LogP contribution in [-0.2, 0) is 4.79 Å². The summed E-state index contributed by atoms with van der Waals surface area (Å²) in [4.78, 5) is 10.6. The molecule has 1 rings (SSSR count). The van der Waals surface area contributed by atoms with Gasteiger partial charge in [0.2, 0.25) is 5.91 Å². The second kappa shape index (κ2) is 1.72. The first kappa shape index (κ1) is 6.59. The molecular formula is C7H12NO. The number of hydrogen-bond acceptors (Lipinski definition) is 1. The molecular weight excluding hydrogens is 114 g/mol. The van der Waals surface area contributed by atoms with Crippen LogP contribution in [0.1, 0.15) is 26.7 Å². The van der Waals surface area contributed by atoms with Gasteiger partial charge in [-0.1, -0.05) is 20.3 Å². The molecule has 0 spiro atoms. The van der Waals surface area contributed by atoms with Gasteiger partial charge in [-0.15, -0.1) is 0 Å². The van der Waals surface area contributed by atoms with Crippen molar-refractivity contribution in [2.75, 3.05) is 0 Å². The Hall–Kier alpha value is -0.530. The lowest BCUT2D eigenvalue weighted by molar-refractivity contribution is -0.123. The third-order valence-corrected chi connectivity index (χ3v) is 2.42. The number of carbonyl (C=O) groups is 1. The number of rotatable bonds is 2. The third-order valence-electron chi connectivity index (χ3n) is 2.42. The molecule has 0 aromatic heterocycles. The van der Waals surface area contributed by atoms with Crippen LogP contribution in [0.4, 0.5) is 0 Å². The SMILES string of the molecule is CCC1CC1(C)C([NH])=O. The lowest BCUT2D eigenvalue weighted by atomic mass is 10.1. The van der Waals surface area contributed by atoms with E-state index in [0.29, 0.717) is 5.92 Å².